The molecule has 0 saturated heterocycles. The van der Waals surface area contributed by atoms with Gasteiger partial charge in [0, 0.05) is 13.2 Å². The average molecular weight is 330 g/mol. The van der Waals surface area contributed by atoms with Gasteiger partial charge < -0.3 is 10.1 Å². The number of aromatic nitrogens is 5. The second kappa shape index (κ2) is 6.90. The van der Waals surface area contributed by atoms with Gasteiger partial charge in [-0.3, -0.25) is 9.48 Å². The maximum absolute atomic E-state index is 12.8. The average Bonchev–Trinajstić information content (AvgIpc) is 3.16. The summed E-state index contributed by atoms with van der Waals surface area (Å²) in [4.78, 5) is 11.9. The van der Waals surface area contributed by atoms with E-state index in [0.29, 0.717) is 17.1 Å². The van der Waals surface area contributed by atoms with Gasteiger partial charge in [0.05, 0.1) is 18.1 Å². The van der Waals surface area contributed by atoms with E-state index < -0.39 is 0 Å². The van der Waals surface area contributed by atoms with E-state index in [-0.39, 0.29) is 24.9 Å². The van der Waals surface area contributed by atoms with Crippen LogP contribution in [0, 0.1) is 5.82 Å². The first-order valence-corrected chi connectivity index (χ1v) is 7.14. The molecular weight excluding hydrogens is 315 g/mol. The molecule has 1 amide bonds. The lowest BCUT2D eigenvalue weighted by Crippen LogP contribution is -2.18. The number of aryl methyl sites for hydroxylation is 1. The summed E-state index contributed by atoms with van der Waals surface area (Å²) in [6, 6.07) is 5.69. The van der Waals surface area contributed by atoms with Gasteiger partial charge >= 0.3 is 0 Å². The topological polar surface area (TPSA) is 86.9 Å². The van der Waals surface area contributed by atoms with Crippen LogP contribution in [0.25, 0.3) is 0 Å². The fraction of sp³-hybridized carbons (Fsp3) is 0.200. The molecule has 3 aromatic rings. The van der Waals surface area contributed by atoms with Crippen molar-refractivity contribution < 1.29 is 13.9 Å². The highest BCUT2D eigenvalue weighted by atomic mass is 19.1. The van der Waals surface area contributed by atoms with Crippen LogP contribution in [0.1, 0.15) is 5.69 Å². The zero-order valence-corrected chi connectivity index (χ0v) is 12.9. The fourth-order valence-corrected chi connectivity index (χ4v) is 2.00. The van der Waals surface area contributed by atoms with E-state index in [4.69, 9.17) is 4.74 Å². The van der Waals surface area contributed by atoms with Crippen LogP contribution >= 0.6 is 0 Å². The first-order chi connectivity index (χ1) is 11.6. The van der Waals surface area contributed by atoms with E-state index in [1.807, 2.05) is 0 Å². The number of anilines is 1. The number of nitrogens with one attached hydrogen (secondary N) is 1. The third kappa shape index (κ3) is 4.15. The minimum atomic E-state index is -0.326. The van der Waals surface area contributed by atoms with E-state index in [0.717, 1.165) is 0 Å². The van der Waals surface area contributed by atoms with Crippen molar-refractivity contribution >= 4 is 11.6 Å². The number of ether oxygens (including phenoxy) is 1. The highest BCUT2D eigenvalue weighted by molar-refractivity contribution is 5.90. The molecular formula is C15H15FN6O2. The Kier molecular flexibility index (Phi) is 4.50. The van der Waals surface area contributed by atoms with Crippen LogP contribution in [0.2, 0.25) is 0 Å². The van der Waals surface area contributed by atoms with E-state index in [1.165, 1.54) is 28.9 Å². The van der Waals surface area contributed by atoms with Gasteiger partial charge in [0.25, 0.3) is 0 Å². The molecule has 0 spiro atoms. The molecule has 0 unspecified atom stereocenters. The molecule has 0 atom stereocenters. The van der Waals surface area contributed by atoms with Gasteiger partial charge in [-0.05, 0) is 24.3 Å². The highest BCUT2D eigenvalue weighted by Gasteiger charge is 2.08. The number of nitrogens with zero attached hydrogens (tertiary/aromatic N) is 5. The van der Waals surface area contributed by atoms with Crippen LogP contribution in [0.4, 0.5) is 10.1 Å². The monoisotopic (exact) mass is 330 g/mol. The lowest BCUT2D eigenvalue weighted by Gasteiger charge is -2.03. The van der Waals surface area contributed by atoms with Crippen LogP contribution in [0.15, 0.2) is 42.9 Å². The third-order valence-corrected chi connectivity index (χ3v) is 3.08. The molecule has 0 aliphatic rings. The second-order valence-electron chi connectivity index (χ2n) is 5.10. The maximum Gasteiger partial charge on any atom is 0.246 e. The molecule has 2 aromatic heterocycles. The minimum Gasteiger partial charge on any atom is -0.487 e. The molecule has 0 fully saturated rings. The Balaban J connectivity index is 1.51. The van der Waals surface area contributed by atoms with Crippen molar-refractivity contribution in [2.45, 2.75) is 13.2 Å². The van der Waals surface area contributed by atoms with Gasteiger partial charge in [-0.2, -0.15) is 5.10 Å². The number of rotatable bonds is 6. The quantitative estimate of drug-likeness (QED) is 0.737. The van der Waals surface area contributed by atoms with Gasteiger partial charge in [0.2, 0.25) is 5.91 Å². The molecule has 3 rings (SSSR count). The summed E-state index contributed by atoms with van der Waals surface area (Å²) < 4.78 is 21.3. The van der Waals surface area contributed by atoms with E-state index in [1.54, 1.807) is 30.3 Å². The van der Waals surface area contributed by atoms with E-state index >= 15 is 0 Å². The van der Waals surface area contributed by atoms with Crippen molar-refractivity contribution in [2.75, 3.05) is 5.32 Å². The summed E-state index contributed by atoms with van der Waals surface area (Å²) in [5.74, 6) is -0.0351. The lowest BCUT2D eigenvalue weighted by molar-refractivity contribution is -0.116. The molecule has 9 heteroatoms. The standard InChI is InChI=1S/C15H15FN6O2/c1-21-7-12(6-17-21)18-15(23)9-22-8-13(19-20-22)10-24-14-4-2-11(16)3-5-14/h2-8H,9-10H2,1H3,(H,18,23). The predicted molar refractivity (Wildman–Crippen MR) is 82.6 cm³/mol. The molecule has 0 saturated carbocycles. The fourth-order valence-electron chi connectivity index (χ4n) is 2.00. The van der Waals surface area contributed by atoms with Crippen LogP contribution in [0.5, 0.6) is 5.75 Å². The molecule has 0 bridgehead atoms. The second-order valence-corrected chi connectivity index (χ2v) is 5.10. The maximum atomic E-state index is 12.8. The summed E-state index contributed by atoms with van der Waals surface area (Å²) in [7, 11) is 1.76. The molecule has 0 radical (unpaired) electrons. The van der Waals surface area contributed by atoms with Gasteiger partial charge in [0.1, 0.15) is 30.4 Å². The Bertz CT molecular complexity index is 827. The van der Waals surface area contributed by atoms with Crippen molar-refractivity contribution in [2.24, 2.45) is 7.05 Å². The van der Waals surface area contributed by atoms with Crippen LogP contribution in [-0.2, 0) is 25.0 Å². The zero-order chi connectivity index (χ0) is 16.9. The SMILES string of the molecule is Cn1cc(NC(=O)Cn2cc(COc3ccc(F)cc3)nn2)cn1. The first-order valence-electron chi connectivity index (χ1n) is 7.14. The number of carbonyl (C=O) groups excluding carboxylic acids is 1. The van der Waals surface area contributed by atoms with Crippen molar-refractivity contribution in [3.8, 4) is 5.75 Å². The van der Waals surface area contributed by atoms with Gasteiger partial charge in [-0.1, -0.05) is 5.21 Å². The largest absolute Gasteiger partial charge is 0.487 e. The Labute approximate surface area is 136 Å². The third-order valence-electron chi connectivity index (χ3n) is 3.08. The summed E-state index contributed by atoms with van der Waals surface area (Å²) in [5, 5.41) is 14.5. The number of carbonyl (C=O) groups is 1. The van der Waals surface area contributed by atoms with Crippen molar-refractivity contribution in [3.63, 3.8) is 0 Å². The van der Waals surface area contributed by atoms with E-state index in [9.17, 15) is 9.18 Å². The Morgan fingerprint density at radius 2 is 2.08 bits per heavy atom. The Morgan fingerprint density at radius 3 is 2.79 bits per heavy atom. The molecule has 0 aliphatic carbocycles. The Morgan fingerprint density at radius 1 is 1.29 bits per heavy atom. The molecule has 124 valence electrons. The normalized spacial score (nSPS) is 10.6. The summed E-state index contributed by atoms with van der Waals surface area (Å²) in [6.45, 7) is 0.203. The predicted octanol–water partition coefficient (Wildman–Crippen LogP) is 1.37. The number of hydrogen-bond acceptors (Lipinski definition) is 5. The van der Waals surface area contributed by atoms with Crippen molar-refractivity contribution in [3.05, 3.63) is 54.4 Å². The van der Waals surface area contributed by atoms with Gasteiger partial charge in [-0.25, -0.2) is 9.07 Å². The van der Waals surface area contributed by atoms with E-state index in [2.05, 4.69) is 20.7 Å². The summed E-state index contributed by atoms with van der Waals surface area (Å²) in [5.41, 5.74) is 1.18. The zero-order valence-electron chi connectivity index (χ0n) is 12.9. The number of hydrogen-bond donors (Lipinski definition) is 1. The van der Waals surface area contributed by atoms with Crippen LogP contribution < -0.4 is 10.1 Å². The molecule has 8 nitrogen and oxygen atoms in total. The van der Waals surface area contributed by atoms with Gasteiger partial charge in [-0.15, -0.1) is 5.10 Å². The van der Waals surface area contributed by atoms with Crippen LogP contribution in [-0.4, -0.2) is 30.7 Å². The smallest absolute Gasteiger partial charge is 0.246 e. The number of benzene rings is 1. The summed E-state index contributed by atoms with van der Waals surface area (Å²) in [6.07, 6.45) is 4.87. The van der Waals surface area contributed by atoms with Gasteiger partial charge in [0.15, 0.2) is 0 Å². The van der Waals surface area contributed by atoms with Crippen LogP contribution in [0.3, 0.4) is 0 Å². The minimum absolute atomic E-state index is 0.0262. The number of amides is 1. The number of halogens is 1. The first kappa shape index (κ1) is 15.7. The van der Waals surface area contributed by atoms with Crippen molar-refractivity contribution in [1.82, 2.24) is 24.8 Å². The van der Waals surface area contributed by atoms with Crippen molar-refractivity contribution in [1.29, 1.82) is 0 Å². The molecule has 24 heavy (non-hydrogen) atoms. The molecule has 1 aromatic carbocycles. The lowest BCUT2D eigenvalue weighted by atomic mass is 10.3. The summed E-state index contributed by atoms with van der Waals surface area (Å²) >= 11 is 0. The highest BCUT2D eigenvalue weighted by Crippen LogP contribution is 2.12. The molecule has 1 N–H and O–H groups in total. The Hall–Kier alpha value is -3.23. The molecule has 0 aliphatic heterocycles. The molecule has 2 heterocycles.